The molecule has 19 heavy (non-hydrogen) atoms. The van der Waals surface area contributed by atoms with Gasteiger partial charge in [-0.25, -0.2) is 0 Å². The van der Waals surface area contributed by atoms with E-state index in [2.05, 4.69) is 11.9 Å². The van der Waals surface area contributed by atoms with Crippen LogP contribution in [0.1, 0.15) is 44.9 Å². The third-order valence-corrected chi connectivity index (χ3v) is 6.70. The van der Waals surface area contributed by atoms with Crippen molar-refractivity contribution in [3.05, 3.63) is 0 Å². The first-order valence-electron chi connectivity index (χ1n) is 8.34. The molecule has 0 amide bonds. The summed E-state index contributed by atoms with van der Waals surface area (Å²) in [5, 5.41) is 0. The standard InChI is InChI=1S/C16H29N2.HI/c1-18-9-5-3-7-16(18)13-10-14(12-18)15-6-2-4-8-17(15)11-13;/h13-16H,2-12H2,1H3;1H/q+1;/p-1/t13-,14-,15+,16+,18+;/m0./s1. The highest BCUT2D eigenvalue weighted by molar-refractivity contribution is 4.96. The minimum atomic E-state index is 0. The molecule has 2 nitrogen and oxygen atoms in total. The first kappa shape index (κ1) is 14.6. The van der Waals surface area contributed by atoms with E-state index in [0.29, 0.717) is 0 Å². The van der Waals surface area contributed by atoms with Crippen LogP contribution in [0.2, 0.25) is 0 Å². The Hall–Kier alpha value is 0.650. The van der Waals surface area contributed by atoms with Crippen LogP contribution >= 0.6 is 0 Å². The molecule has 0 aromatic carbocycles. The van der Waals surface area contributed by atoms with Crippen molar-refractivity contribution in [2.75, 3.05) is 33.2 Å². The molecule has 4 heterocycles. The van der Waals surface area contributed by atoms with Crippen LogP contribution in [0.5, 0.6) is 0 Å². The number of piperidine rings is 4. The number of nitrogens with zero attached hydrogens (tertiary/aromatic N) is 2. The number of hydrogen-bond acceptors (Lipinski definition) is 1. The van der Waals surface area contributed by atoms with E-state index in [1.54, 1.807) is 6.42 Å². The average Bonchev–Trinajstić information content (AvgIpc) is 2.38. The summed E-state index contributed by atoms with van der Waals surface area (Å²) in [6.45, 7) is 5.83. The molecule has 4 rings (SSSR count). The van der Waals surface area contributed by atoms with Gasteiger partial charge in [-0.1, -0.05) is 6.42 Å². The van der Waals surface area contributed by atoms with E-state index in [0.717, 1.165) is 23.9 Å². The molecule has 3 heteroatoms. The highest BCUT2D eigenvalue weighted by Crippen LogP contribution is 2.45. The fourth-order valence-electron chi connectivity index (χ4n) is 5.99. The maximum atomic E-state index is 2.89. The maximum absolute atomic E-state index is 2.89. The Morgan fingerprint density at radius 1 is 1.00 bits per heavy atom. The van der Waals surface area contributed by atoms with Gasteiger partial charge in [0.15, 0.2) is 0 Å². The summed E-state index contributed by atoms with van der Waals surface area (Å²) in [6, 6.07) is 1.98. The summed E-state index contributed by atoms with van der Waals surface area (Å²) in [5.74, 6) is 2.06. The Bertz CT molecular complexity index is 335. The second-order valence-corrected chi connectivity index (χ2v) is 7.76. The smallest absolute Gasteiger partial charge is 0.0929 e. The van der Waals surface area contributed by atoms with Crippen molar-refractivity contribution in [1.29, 1.82) is 0 Å². The molecule has 0 radical (unpaired) electrons. The van der Waals surface area contributed by atoms with Crippen molar-refractivity contribution < 1.29 is 28.5 Å². The fourth-order valence-corrected chi connectivity index (χ4v) is 5.99. The molecule has 2 bridgehead atoms. The lowest BCUT2D eigenvalue weighted by Crippen LogP contribution is -3.00. The summed E-state index contributed by atoms with van der Waals surface area (Å²) >= 11 is 0. The minimum absolute atomic E-state index is 0. The molecular formula is C16H29IN2. The largest absolute Gasteiger partial charge is 1.00 e. The molecule has 4 aliphatic heterocycles. The average molecular weight is 376 g/mol. The van der Waals surface area contributed by atoms with Gasteiger partial charge < -0.3 is 28.5 Å². The third-order valence-electron chi connectivity index (χ3n) is 6.70. The number of halogens is 1. The van der Waals surface area contributed by atoms with E-state index in [1.165, 1.54) is 69.2 Å². The van der Waals surface area contributed by atoms with Crippen LogP contribution < -0.4 is 24.0 Å². The van der Waals surface area contributed by atoms with Gasteiger partial charge in [0.2, 0.25) is 0 Å². The molecule has 0 aromatic rings. The molecule has 0 aromatic heterocycles. The molecule has 4 aliphatic rings. The zero-order valence-corrected chi connectivity index (χ0v) is 14.5. The molecular weight excluding hydrogens is 347 g/mol. The SMILES string of the molecule is C[N@+]12CCCC[C@@H]1[C@H]1C[C@@H](C2)[C@H]2CCCCN2C1.[I-]. The summed E-state index contributed by atoms with van der Waals surface area (Å²) in [7, 11) is 2.58. The summed E-state index contributed by atoms with van der Waals surface area (Å²) < 4.78 is 1.44. The van der Waals surface area contributed by atoms with Gasteiger partial charge in [0, 0.05) is 24.4 Å². The van der Waals surface area contributed by atoms with Crippen LogP contribution in [-0.2, 0) is 0 Å². The fraction of sp³-hybridized carbons (Fsp3) is 1.00. The molecule has 5 atom stereocenters. The van der Waals surface area contributed by atoms with Gasteiger partial charge in [-0.05, 0) is 45.1 Å². The molecule has 4 fully saturated rings. The van der Waals surface area contributed by atoms with Gasteiger partial charge in [0.25, 0.3) is 0 Å². The quantitative estimate of drug-likeness (QED) is 0.407. The minimum Gasteiger partial charge on any atom is -1.00 e. The van der Waals surface area contributed by atoms with Crippen LogP contribution in [0.3, 0.4) is 0 Å². The summed E-state index contributed by atoms with van der Waals surface area (Å²) in [6.07, 6.45) is 10.5. The topological polar surface area (TPSA) is 3.24 Å². The van der Waals surface area contributed by atoms with Gasteiger partial charge >= 0.3 is 0 Å². The van der Waals surface area contributed by atoms with Gasteiger partial charge in [0.1, 0.15) is 0 Å². The Morgan fingerprint density at radius 3 is 2.74 bits per heavy atom. The zero-order valence-electron chi connectivity index (χ0n) is 12.4. The van der Waals surface area contributed by atoms with Crippen molar-refractivity contribution in [3.8, 4) is 0 Å². The number of rotatable bonds is 0. The van der Waals surface area contributed by atoms with Crippen molar-refractivity contribution in [3.63, 3.8) is 0 Å². The van der Waals surface area contributed by atoms with Crippen LogP contribution in [0.25, 0.3) is 0 Å². The van der Waals surface area contributed by atoms with Crippen molar-refractivity contribution in [2.45, 2.75) is 57.0 Å². The third kappa shape index (κ3) is 2.38. The molecule has 110 valence electrons. The predicted octanol–water partition coefficient (Wildman–Crippen LogP) is -0.506. The van der Waals surface area contributed by atoms with E-state index in [-0.39, 0.29) is 24.0 Å². The van der Waals surface area contributed by atoms with E-state index in [1.807, 2.05) is 0 Å². The van der Waals surface area contributed by atoms with Crippen LogP contribution in [-0.4, -0.2) is 54.7 Å². The van der Waals surface area contributed by atoms with Gasteiger partial charge in [-0.15, -0.1) is 0 Å². The second kappa shape index (κ2) is 5.45. The highest BCUT2D eigenvalue weighted by Gasteiger charge is 2.53. The van der Waals surface area contributed by atoms with Crippen molar-refractivity contribution in [1.82, 2.24) is 4.90 Å². The van der Waals surface area contributed by atoms with Crippen molar-refractivity contribution >= 4 is 0 Å². The molecule has 4 saturated heterocycles. The Kier molecular flexibility index (Phi) is 4.18. The molecule has 0 spiro atoms. The monoisotopic (exact) mass is 376 g/mol. The van der Waals surface area contributed by atoms with Gasteiger partial charge in [0.05, 0.1) is 26.2 Å². The summed E-state index contributed by atoms with van der Waals surface area (Å²) in [5.41, 5.74) is 0. The van der Waals surface area contributed by atoms with Crippen LogP contribution in [0.4, 0.5) is 0 Å². The number of fused-ring (bicyclic) bond motifs is 6. The van der Waals surface area contributed by atoms with E-state index < -0.39 is 0 Å². The van der Waals surface area contributed by atoms with E-state index in [4.69, 9.17) is 0 Å². The van der Waals surface area contributed by atoms with Crippen molar-refractivity contribution in [2.24, 2.45) is 11.8 Å². The summed E-state index contributed by atoms with van der Waals surface area (Å²) in [4.78, 5) is 2.89. The Morgan fingerprint density at radius 2 is 1.84 bits per heavy atom. The maximum Gasteiger partial charge on any atom is 0.0929 e. The lowest BCUT2D eigenvalue weighted by Gasteiger charge is -2.60. The zero-order chi connectivity index (χ0) is 12.2. The normalized spacial score (nSPS) is 49.7. The molecule has 0 unspecified atom stereocenters. The first-order valence-corrected chi connectivity index (χ1v) is 8.34. The van der Waals surface area contributed by atoms with Crippen LogP contribution in [0.15, 0.2) is 0 Å². The lowest BCUT2D eigenvalue weighted by atomic mass is 9.70. The van der Waals surface area contributed by atoms with E-state index >= 15 is 0 Å². The Labute approximate surface area is 135 Å². The van der Waals surface area contributed by atoms with Gasteiger partial charge in [-0.2, -0.15) is 0 Å². The lowest BCUT2D eigenvalue weighted by molar-refractivity contribution is -0.951. The molecule has 0 N–H and O–H groups in total. The second-order valence-electron chi connectivity index (χ2n) is 7.76. The first-order chi connectivity index (χ1) is 8.76. The molecule has 0 saturated carbocycles. The van der Waals surface area contributed by atoms with E-state index in [9.17, 15) is 0 Å². The highest BCUT2D eigenvalue weighted by atomic mass is 127. The van der Waals surface area contributed by atoms with Crippen LogP contribution in [0, 0.1) is 11.8 Å². The van der Waals surface area contributed by atoms with Gasteiger partial charge in [-0.3, -0.25) is 4.90 Å². The number of quaternary nitrogens is 1. The number of hydrogen-bond donors (Lipinski definition) is 0. The molecule has 0 aliphatic carbocycles. The predicted molar refractivity (Wildman–Crippen MR) is 74.4 cm³/mol. The Balaban J connectivity index is 0.00000110.